The number of benzene rings is 1. The monoisotopic (exact) mass is 272 g/mol. The molecule has 0 saturated carbocycles. The van der Waals surface area contributed by atoms with Gasteiger partial charge in [-0.3, -0.25) is 4.98 Å². The fourth-order valence-corrected chi connectivity index (χ4v) is 2.71. The highest BCUT2D eigenvalue weighted by molar-refractivity contribution is 5.78. The lowest BCUT2D eigenvalue weighted by atomic mass is 9.89. The average Bonchev–Trinajstić information content (AvgIpc) is 2.47. The first-order chi connectivity index (χ1) is 9.65. The Kier molecular flexibility index (Phi) is 3.70. The molecular weight excluding hydrogens is 252 g/mol. The summed E-state index contributed by atoms with van der Waals surface area (Å²) in [5.74, 6) is 0. The second kappa shape index (κ2) is 5.48. The largest absolute Gasteiger partial charge is 0.385 e. The van der Waals surface area contributed by atoms with Gasteiger partial charge in [0.1, 0.15) is 0 Å². The van der Waals surface area contributed by atoms with Crippen LogP contribution in [0.3, 0.4) is 0 Å². The molecule has 20 heavy (non-hydrogen) atoms. The molecule has 4 heteroatoms. The number of para-hydroxylation sites is 1. The van der Waals surface area contributed by atoms with Gasteiger partial charge in [-0.25, -0.2) is 0 Å². The number of morpholine rings is 1. The van der Waals surface area contributed by atoms with Crippen molar-refractivity contribution in [1.82, 2.24) is 10.3 Å². The van der Waals surface area contributed by atoms with Crippen LogP contribution in [0.2, 0.25) is 0 Å². The Balaban J connectivity index is 1.83. The summed E-state index contributed by atoms with van der Waals surface area (Å²) in [4.78, 5) is 4.43. The van der Waals surface area contributed by atoms with E-state index in [1.54, 1.807) is 6.20 Å². The molecule has 2 unspecified atom stereocenters. The molecule has 0 bridgehead atoms. The molecule has 2 N–H and O–H groups in total. The summed E-state index contributed by atoms with van der Waals surface area (Å²) >= 11 is 0. The van der Waals surface area contributed by atoms with E-state index in [0.717, 1.165) is 29.6 Å². The van der Waals surface area contributed by atoms with Crippen molar-refractivity contribution in [3.05, 3.63) is 42.1 Å². The lowest BCUT2D eigenvalue weighted by Crippen LogP contribution is -2.45. The van der Waals surface area contributed by atoms with E-state index in [1.165, 1.54) is 0 Å². The van der Waals surface area contributed by atoms with Crippen LogP contribution in [0.15, 0.2) is 36.5 Å². The Morgan fingerprint density at radius 2 is 2.30 bits per heavy atom. The number of hydrogen-bond acceptors (Lipinski definition) is 4. The van der Waals surface area contributed by atoms with Gasteiger partial charge >= 0.3 is 0 Å². The van der Waals surface area contributed by atoms with Crippen molar-refractivity contribution < 1.29 is 9.84 Å². The van der Waals surface area contributed by atoms with Crippen LogP contribution in [0.4, 0.5) is 0 Å². The van der Waals surface area contributed by atoms with Crippen molar-refractivity contribution in [1.29, 1.82) is 0 Å². The van der Waals surface area contributed by atoms with Gasteiger partial charge in [-0.15, -0.1) is 0 Å². The smallest absolute Gasteiger partial charge is 0.0899 e. The maximum atomic E-state index is 10.8. The Bertz CT molecular complexity index is 592. The van der Waals surface area contributed by atoms with Crippen LogP contribution in [-0.4, -0.2) is 35.9 Å². The van der Waals surface area contributed by atoms with E-state index >= 15 is 0 Å². The van der Waals surface area contributed by atoms with Crippen LogP contribution < -0.4 is 5.32 Å². The number of ether oxygens (including phenoxy) is 1. The van der Waals surface area contributed by atoms with E-state index in [0.29, 0.717) is 13.0 Å². The molecule has 2 aromatic rings. The van der Waals surface area contributed by atoms with Crippen LogP contribution in [0.25, 0.3) is 10.9 Å². The maximum Gasteiger partial charge on any atom is 0.0899 e. The molecular formula is C16H20N2O2. The van der Waals surface area contributed by atoms with Crippen molar-refractivity contribution in [2.45, 2.75) is 25.0 Å². The summed E-state index contributed by atoms with van der Waals surface area (Å²) in [6, 6.07) is 10.2. The minimum atomic E-state index is -0.907. The van der Waals surface area contributed by atoms with Gasteiger partial charge in [0.05, 0.1) is 24.3 Å². The Hall–Kier alpha value is -1.49. The maximum absolute atomic E-state index is 10.8. The number of aliphatic hydroxyl groups is 1. The first-order valence-corrected chi connectivity index (χ1v) is 7.04. The standard InChI is InChI=1S/C16H20N2O2/c1-16(19,9-14-11-20-7-6-17-14)13-8-12-4-2-3-5-15(12)18-10-13/h2-5,8,10,14,17,19H,6-7,9,11H2,1H3. The van der Waals surface area contributed by atoms with Gasteiger partial charge in [-0.2, -0.15) is 0 Å². The SMILES string of the molecule is CC(O)(CC1COCCN1)c1cnc2ccccc2c1. The normalized spacial score (nSPS) is 22.6. The summed E-state index contributed by atoms with van der Waals surface area (Å²) in [5, 5.41) is 15.2. The van der Waals surface area contributed by atoms with Crippen LogP contribution in [0.1, 0.15) is 18.9 Å². The quantitative estimate of drug-likeness (QED) is 0.895. The predicted octanol–water partition coefficient (Wildman–Crippen LogP) is 1.82. The second-order valence-electron chi connectivity index (χ2n) is 5.62. The van der Waals surface area contributed by atoms with Crippen molar-refractivity contribution in [2.24, 2.45) is 0 Å². The van der Waals surface area contributed by atoms with Crippen LogP contribution in [-0.2, 0) is 10.3 Å². The number of nitrogens with zero attached hydrogens (tertiary/aromatic N) is 1. The minimum Gasteiger partial charge on any atom is -0.385 e. The lowest BCUT2D eigenvalue weighted by molar-refractivity contribution is 0.00312. The highest BCUT2D eigenvalue weighted by atomic mass is 16.5. The molecule has 3 rings (SSSR count). The van der Waals surface area contributed by atoms with Crippen LogP contribution >= 0.6 is 0 Å². The summed E-state index contributed by atoms with van der Waals surface area (Å²) in [5.41, 5.74) is 0.893. The Labute approximate surface area is 118 Å². The zero-order valence-electron chi connectivity index (χ0n) is 11.7. The average molecular weight is 272 g/mol. The molecule has 0 amide bonds. The molecule has 1 saturated heterocycles. The molecule has 0 spiro atoms. The highest BCUT2D eigenvalue weighted by Gasteiger charge is 2.29. The van der Waals surface area contributed by atoms with Gasteiger partial charge in [-0.05, 0) is 25.5 Å². The molecule has 1 aromatic heterocycles. The summed E-state index contributed by atoms with van der Waals surface area (Å²) in [6.45, 7) is 4.08. The molecule has 4 nitrogen and oxygen atoms in total. The lowest BCUT2D eigenvalue weighted by Gasteiger charge is -2.31. The zero-order chi connectivity index (χ0) is 14.0. The molecule has 1 aromatic carbocycles. The molecule has 106 valence electrons. The molecule has 2 atom stereocenters. The number of rotatable bonds is 3. The van der Waals surface area contributed by atoms with E-state index in [9.17, 15) is 5.11 Å². The van der Waals surface area contributed by atoms with E-state index in [1.807, 2.05) is 37.3 Å². The summed E-state index contributed by atoms with van der Waals surface area (Å²) in [7, 11) is 0. The number of pyridine rings is 1. The van der Waals surface area contributed by atoms with Crippen LogP contribution in [0, 0.1) is 0 Å². The zero-order valence-corrected chi connectivity index (χ0v) is 11.7. The fourth-order valence-electron chi connectivity index (χ4n) is 2.71. The van der Waals surface area contributed by atoms with E-state index in [4.69, 9.17) is 4.74 Å². The number of aromatic nitrogens is 1. The van der Waals surface area contributed by atoms with Crippen LogP contribution in [0.5, 0.6) is 0 Å². The third kappa shape index (κ3) is 2.82. The third-order valence-corrected chi connectivity index (χ3v) is 3.85. The number of nitrogens with one attached hydrogen (secondary N) is 1. The van der Waals surface area contributed by atoms with E-state index in [2.05, 4.69) is 10.3 Å². The van der Waals surface area contributed by atoms with Crippen molar-refractivity contribution >= 4 is 10.9 Å². The molecule has 0 aliphatic carbocycles. The predicted molar refractivity (Wildman–Crippen MR) is 78.5 cm³/mol. The third-order valence-electron chi connectivity index (χ3n) is 3.85. The Morgan fingerprint density at radius 1 is 1.45 bits per heavy atom. The Morgan fingerprint density at radius 3 is 3.10 bits per heavy atom. The first-order valence-electron chi connectivity index (χ1n) is 7.04. The summed E-state index contributed by atoms with van der Waals surface area (Å²) in [6.07, 6.45) is 2.39. The molecule has 1 aliphatic heterocycles. The van der Waals surface area contributed by atoms with Gasteiger partial charge in [0.25, 0.3) is 0 Å². The van der Waals surface area contributed by atoms with Gasteiger partial charge in [0.2, 0.25) is 0 Å². The highest BCUT2D eigenvalue weighted by Crippen LogP contribution is 2.28. The first kappa shape index (κ1) is 13.5. The van der Waals surface area contributed by atoms with Gasteiger partial charge in [0, 0.05) is 29.7 Å². The second-order valence-corrected chi connectivity index (χ2v) is 5.62. The molecule has 0 radical (unpaired) electrons. The topological polar surface area (TPSA) is 54.4 Å². The number of hydrogen-bond donors (Lipinski definition) is 2. The van der Waals surface area contributed by atoms with Crippen molar-refractivity contribution in [3.63, 3.8) is 0 Å². The fraction of sp³-hybridized carbons (Fsp3) is 0.438. The molecule has 2 heterocycles. The van der Waals surface area contributed by atoms with Gasteiger partial charge in [-0.1, -0.05) is 18.2 Å². The minimum absolute atomic E-state index is 0.185. The van der Waals surface area contributed by atoms with E-state index < -0.39 is 5.60 Å². The summed E-state index contributed by atoms with van der Waals surface area (Å²) < 4.78 is 5.44. The molecule has 1 aliphatic rings. The van der Waals surface area contributed by atoms with Crippen molar-refractivity contribution in [2.75, 3.05) is 19.8 Å². The van der Waals surface area contributed by atoms with Gasteiger partial charge < -0.3 is 15.2 Å². The molecule has 1 fully saturated rings. The van der Waals surface area contributed by atoms with Crippen molar-refractivity contribution in [3.8, 4) is 0 Å². The number of fused-ring (bicyclic) bond motifs is 1. The van der Waals surface area contributed by atoms with E-state index in [-0.39, 0.29) is 6.04 Å². The van der Waals surface area contributed by atoms with Gasteiger partial charge in [0.15, 0.2) is 0 Å².